The van der Waals surface area contributed by atoms with Gasteiger partial charge in [-0.05, 0) is 13.3 Å². The van der Waals surface area contributed by atoms with Crippen LogP contribution in [0.5, 0.6) is 0 Å². The molecule has 0 radical (unpaired) electrons. The minimum Gasteiger partial charge on any atom is -0.299 e. The van der Waals surface area contributed by atoms with Crippen LogP contribution in [0.25, 0.3) is 0 Å². The maximum Gasteiger partial charge on any atom is 0.136 e. The van der Waals surface area contributed by atoms with Gasteiger partial charge in [-0.1, -0.05) is 12.1 Å². The molecule has 2 unspecified atom stereocenters. The maximum atomic E-state index is 11.4. The van der Waals surface area contributed by atoms with Crippen molar-refractivity contribution >= 4 is 5.78 Å². The van der Waals surface area contributed by atoms with E-state index in [0.29, 0.717) is 18.1 Å². The zero-order valence-electron chi connectivity index (χ0n) is 8.60. The number of nitrogens with zero attached hydrogens (tertiary/aromatic N) is 3. The van der Waals surface area contributed by atoms with Crippen molar-refractivity contribution in [1.82, 2.24) is 15.0 Å². The Morgan fingerprint density at radius 2 is 2.43 bits per heavy atom. The number of aryl methyl sites for hydroxylation is 1. The molecule has 1 heterocycles. The van der Waals surface area contributed by atoms with Crippen LogP contribution in [0.2, 0.25) is 0 Å². The van der Waals surface area contributed by atoms with E-state index in [1.807, 2.05) is 18.5 Å². The molecule has 4 heteroatoms. The Balaban J connectivity index is 2.27. The molecule has 0 aliphatic heterocycles. The largest absolute Gasteiger partial charge is 0.299 e. The Hall–Kier alpha value is -1.19. The van der Waals surface area contributed by atoms with Crippen LogP contribution < -0.4 is 0 Å². The van der Waals surface area contributed by atoms with E-state index >= 15 is 0 Å². The highest BCUT2D eigenvalue weighted by Gasteiger charge is 2.33. The lowest BCUT2D eigenvalue weighted by Gasteiger charge is -2.14. The fourth-order valence-electron chi connectivity index (χ4n) is 2.20. The van der Waals surface area contributed by atoms with Gasteiger partial charge in [0, 0.05) is 24.8 Å². The Labute approximate surface area is 83.3 Å². The second-order valence-corrected chi connectivity index (χ2v) is 3.87. The number of hydrogen-bond acceptors (Lipinski definition) is 3. The zero-order valence-corrected chi connectivity index (χ0v) is 8.60. The van der Waals surface area contributed by atoms with Crippen molar-refractivity contribution in [2.24, 2.45) is 5.92 Å². The number of rotatable bonds is 2. The predicted octanol–water partition coefficient (Wildman–Crippen LogP) is 1.38. The molecule has 1 saturated carbocycles. The summed E-state index contributed by atoms with van der Waals surface area (Å²) in [7, 11) is 0. The van der Waals surface area contributed by atoms with Gasteiger partial charge in [-0.2, -0.15) is 0 Å². The third-order valence-corrected chi connectivity index (χ3v) is 3.14. The topological polar surface area (TPSA) is 47.8 Å². The van der Waals surface area contributed by atoms with Gasteiger partial charge in [0.15, 0.2) is 0 Å². The molecule has 1 fully saturated rings. The van der Waals surface area contributed by atoms with E-state index in [1.54, 1.807) is 6.20 Å². The SMILES string of the molecule is CCn1nncc1C1CCC(=O)C1C. The first-order valence-corrected chi connectivity index (χ1v) is 5.15. The van der Waals surface area contributed by atoms with Crippen molar-refractivity contribution in [2.45, 2.75) is 39.2 Å². The average Bonchev–Trinajstić information content (AvgIpc) is 2.75. The van der Waals surface area contributed by atoms with Crippen LogP contribution in [-0.4, -0.2) is 20.8 Å². The lowest BCUT2D eigenvalue weighted by molar-refractivity contribution is -0.120. The number of carbonyl (C=O) groups is 1. The monoisotopic (exact) mass is 193 g/mol. The number of hydrogen-bond donors (Lipinski definition) is 0. The Bertz CT molecular complexity index is 345. The molecule has 2 atom stereocenters. The van der Waals surface area contributed by atoms with Gasteiger partial charge < -0.3 is 0 Å². The van der Waals surface area contributed by atoms with Gasteiger partial charge >= 0.3 is 0 Å². The summed E-state index contributed by atoms with van der Waals surface area (Å²) in [5, 5.41) is 7.89. The molecule has 14 heavy (non-hydrogen) atoms. The summed E-state index contributed by atoms with van der Waals surface area (Å²) in [4.78, 5) is 11.4. The van der Waals surface area contributed by atoms with E-state index in [-0.39, 0.29) is 5.92 Å². The van der Waals surface area contributed by atoms with Crippen molar-refractivity contribution in [3.05, 3.63) is 11.9 Å². The van der Waals surface area contributed by atoms with E-state index in [0.717, 1.165) is 18.7 Å². The van der Waals surface area contributed by atoms with Crippen molar-refractivity contribution in [3.63, 3.8) is 0 Å². The third kappa shape index (κ3) is 1.35. The second-order valence-electron chi connectivity index (χ2n) is 3.87. The molecular formula is C10H15N3O. The Morgan fingerprint density at radius 1 is 1.64 bits per heavy atom. The van der Waals surface area contributed by atoms with Crippen LogP contribution in [0.15, 0.2) is 6.20 Å². The van der Waals surface area contributed by atoms with E-state index < -0.39 is 0 Å². The molecule has 1 aromatic heterocycles. The molecule has 0 spiro atoms. The first-order chi connectivity index (χ1) is 6.74. The highest BCUT2D eigenvalue weighted by Crippen LogP contribution is 2.36. The van der Waals surface area contributed by atoms with Gasteiger partial charge in [0.25, 0.3) is 0 Å². The number of Topliss-reactive ketones (excluding diaryl/α,β-unsaturated/α-hetero) is 1. The van der Waals surface area contributed by atoms with Crippen molar-refractivity contribution in [3.8, 4) is 0 Å². The maximum absolute atomic E-state index is 11.4. The van der Waals surface area contributed by atoms with Crippen LogP contribution in [-0.2, 0) is 11.3 Å². The van der Waals surface area contributed by atoms with Gasteiger partial charge in [0.1, 0.15) is 5.78 Å². The smallest absolute Gasteiger partial charge is 0.136 e. The van der Waals surface area contributed by atoms with Gasteiger partial charge in [-0.15, -0.1) is 5.10 Å². The summed E-state index contributed by atoms with van der Waals surface area (Å²) in [5.74, 6) is 0.843. The summed E-state index contributed by atoms with van der Waals surface area (Å²) in [6.45, 7) is 4.87. The van der Waals surface area contributed by atoms with Crippen molar-refractivity contribution in [2.75, 3.05) is 0 Å². The fraction of sp³-hybridized carbons (Fsp3) is 0.700. The first-order valence-electron chi connectivity index (χ1n) is 5.15. The summed E-state index contributed by atoms with van der Waals surface area (Å²) >= 11 is 0. The molecular weight excluding hydrogens is 178 g/mol. The molecule has 1 aliphatic rings. The van der Waals surface area contributed by atoms with Crippen LogP contribution in [0.1, 0.15) is 38.3 Å². The molecule has 0 aromatic carbocycles. The van der Waals surface area contributed by atoms with Crippen LogP contribution in [0, 0.1) is 5.92 Å². The predicted molar refractivity (Wildman–Crippen MR) is 51.8 cm³/mol. The van der Waals surface area contributed by atoms with E-state index in [2.05, 4.69) is 10.3 Å². The lowest BCUT2D eigenvalue weighted by Crippen LogP contribution is -2.13. The van der Waals surface area contributed by atoms with Gasteiger partial charge in [0.2, 0.25) is 0 Å². The van der Waals surface area contributed by atoms with Crippen LogP contribution >= 0.6 is 0 Å². The third-order valence-electron chi connectivity index (χ3n) is 3.14. The Kier molecular flexibility index (Phi) is 2.35. The molecule has 1 aliphatic carbocycles. The molecule has 4 nitrogen and oxygen atoms in total. The second kappa shape index (κ2) is 3.52. The minimum atomic E-state index is 0.138. The molecule has 0 amide bonds. The molecule has 76 valence electrons. The van der Waals surface area contributed by atoms with Crippen LogP contribution in [0.4, 0.5) is 0 Å². The molecule has 0 N–H and O–H groups in total. The number of ketones is 1. The van der Waals surface area contributed by atoms with Crippen molar-refractivity contribution in [1.29, 1.82) is 0 Å². The normalized spacial score (nSPS) is 27.1. The summed E-state index contributed by atoms with van der Waals surface area (Å²) in [5.41, 5.74) is 1.12. The number of carbonyl (C=O) groups excluding carboxylic acids is 1. The highest BCUT2D eigenvalue weighted by molar-refractivity contribution is 5.83. The molecule has 0 saturated heterocycles. The summed E-state index contributed by atoms with van der Waals surface area (Å²) < 4.78 is 1.89. The van der Waals surface area contributed by atoms with Gasteiger partial charge in [-0.3, -0.25) is 4.79 Å². The van der Waals surface area contributed by atoms with E-state index in [4.69, 9.17) is 0 Å². The molecule has 0 bridgehead atoms. The van der Waals surface area contributed by atoms with E-state index in [9.17, 15) is 4.79 Å². The molecule has 1 aromatic rings. The zero-order chi connectivity index (χ0) is 10.1. The van der Waals surface area contributed by atoms with Gasteiger partial charge in [0.05, 0.1) is 11.9 Å². The van der Waals surface area contributed by atoms with Gasteiger partial charge in [-0.25, -0.2) is 4.68 Å². The average molecular weight is 193 g/mol. The quantitative estimate of drug-likeness (QED) is 0.713. The number of aromatic nitrogens is 3. The molecule has 2 rings (SSSR count). The lowest BCUT2D eigenvalue weighted by atomic mass is 9.94. The minimum absolute atomic E-state index is 0.138. The first kappa shape index (κ1) is 9.37. The fourth-order valence-corrected chi connectivity index (χ4v) is 2.20. The highest BCUT2D eigenvalue weighted by atomic mass is 16.1. The summed E-state index contributed by atoms with van der Waals surface area (Å²) in [6, 6.07) is 0. The standard InChI is InChI=1S/C10H15N3O/c1-3-13-9(6-11-12-13)8-4-5-10(14)7(8)2/h6-8H,3-5H2,1-2H3. The van der Waals surface area contributed by atoms with E-state index in [1.165, 1.54) is 0 Å². The van der Waals surface area contributed by atoms with Crippen molar-refractivity contribution < 1.29 is 4.79 Å². The summed E-state index contributed by atoms with van der Waals surface area (Å²) in [6.07, 6.45) is 3.46. The Morgan fingerprint density at radius 3 is 3.00 bits per heavy atom. The van der Waals surface area contributed by atoms with Crippen LogP contribution in [0.3, 0.4) is 0 Å².